The van der Waals surface area contributed by atoms with Crippen LogP contribution in [0.5, 0.6) is 0 Å². The van der Waals surface area contributed by atoms with Crippen LogP contribution in [0.15, 0.2) is 72.3 Å². The summed E-state index contributed by atoms with van der Waals surface area (Å²) in [6.07, 6.45) is 17.7. The molecule has 0 N–H and O–H groups in total. The Kier molecular flexibility index (Phi) is 15.7. The SMILES string of the molecule is CCCC[C](CCCC)(CCCC)[Sn][CH2]C=C(C)CCCO[Si](c1ccccc1)(c1ccccc1)C(C)(C)C. The molecule has 0 aliphatic rings. The van der Waals surface area contributed by atoms with Gasteiger partial charge in [-0.05, 0) is 0 Å². The van der Waals surface area contributed by atoms with Crippen LogP contribution in [0.4, 0.5) is 0 Å². The first-order valence-corrected chi connectivity index (χ1v) is 21.3. The number of allylic oxidation sites excluding steroid dienone is 2. The summed E-state index contributed by atoms with van der Waals surface area (Å²) in [7, 11) is -2.42. The quantitative estimate of drug-likeness (QED) is 0.0833. The van der Waals surface area contributed by atoms with Crippen LogP contribution in [-0.2, 0) is 4.43 Å². The molecule has 2 rings (SSSR count). The van der Waals surface area contributed by atoms with E-state index in [0.29, 0.717) is 0 Å². The second-order valence-electron chi connectivity index (χ2n) is 12.6. The predicted molar refractivity (Wildman–Crippen MR) is 178 cm³/mol. The normalized spacial score (nSPS) is 13.2. The molecule has 2 radical (unpaired) electrons. The van der Waals surface area contributed by atoms with Gasteiger partial charge in [-0.1, -0.05) is 0 Å². The van der Waals surface area contributed by atoms with Gasteiger partial charge in [-0.3, -0.25) is 0 Å². The van der Waals surface area contributed by atoms with E-state index in [9.17, 15) is 0 Å². The van der Waals surface area contributed by atoms with Gasteiger partial charge < -0.3 is 0 Å². The summed E-state index contributed by atoms with van der Waals surface area (Å²) in [5.74, 6) is 0. The van der Waals surface area contributed by atoms with E-state index in [4.69, 9.17) is 4.43 Å². The summed E-state index contributed by atoms with van der Waals surface area (Å²) in [5, 5.41) is 2.81. The summed E-state index contributed by atoms with van der Waals surface area (Å²) >= 11 is -0.459. The Morgan fingerprint density at radius 3 is 1.62 bits per heavy atom. The van der Waals surface area contributed by atoms with Crippen molar-refractivity contribution in [2.45, 2.75) is 132 Å². The maximum absolute atomic E-state index is 7.13. The van der Waals surface area contributed by atoms with Gasteiger partial charge in [0.15, 0.2) is 0 Å². The van der Waals surface area contributed by atoms with Crippen LogP contribution in [0, 0.1) is 0 Å². The van der Waals surface area contributed by atoms with Gasteiger partial charge in [-0.2, -0.15) is 0 Å². The zero-order chi connectivity index (χ0) is 28.6. The predicted octanol–water partition coefficient (Wildman–Crippen LogP) is 10.1. The molecule has 0 aliphatic carbocycles. The summed E-state index contributed by atoms with van der Waals surface area (Å²) in [5.41, 5.74) is 1.58. The summed E-state index contributed by atoms with van der Waals surface area (Å²) in [6.45, 7) is 17.4. The average molecular weight is 654 g/mol. The Bertz CT molecular complexity index is 870. The van der Waals surface area contributed by atoms with Crippen molar-refractivity contribution in [3.05, 3.63) is 72.3 Å². The van der Waals surface area contributed by atoms with Crippen LogP contribution in [0.3, 0.4) is 0 Å². The Morgan fingerprint density at radius 1 is 0.744 bits per heavy atom. The molecule has 1 nitrogen and oxygen atoms in total. The van der Waals surface area contributed by atoms with E-state index in [2.05, 4.69) is 115 Å². The molecule has 0 atom stereocenters. The molecule has 0 heterocycles. The molecule has 39 heavy (non-hydrogen) atoms. The van der Waals surface area contributed by atoms with E-state index in [-0.39, 0.29) is 5.04 Å². The second kappa shape index (κ2) is 17.9. The molecule has 3 heteroatoms. The van der Waals surface area contributed by atoms with Gasteiger partial charge in [0, 0.05) is 0 Å². The van der Waals surface area contributed by atoms with Crippen molar-refractivity contribution >= 4 is 39.8 Å². The molecule has 0 amide bonds. The van der Waals surface area contributed by atoms with Crippen molar-refractivity contribution in [2.75, 3.05) is 6.61 Å². The van der Waals surface area contributed by atoms with Gasteiger partial charge in [0.05, 0.1) is 0 Å². The first kappa shape index (κ1) is 34.4. The minimum absolute atomic E-state index is 0.0479. The third-order valence-electron chi connectivity index (χ3n) is 8.41. The van der Waals surface area contributed by atoms with E-state index >= 15 is 0 Å². The average Bonchev–Trinajstić information content (AvgIpc) is 2.94. The van der Waals surface area contributed by atoms with Crippen molar-refractivity contribution in [2.24, 2.45) is 0 Å². The summed E-state index contributed by atoms with van der Waals surface area (Å²) in [6, 6.07) is 22.1. The molecule has 0 aliphatic heterocycles. The third-order valence-corrected chi connectivity index (χ3v) is 18.9. The van der Waals surface area contributed by atoms with Crippen molar-refractivity contribution in [3.63, 3.8) is 0 Å². The first-order valence-electron chi connectivity index (χ1n) is 15.9. The van der Waals surface area contributed by atoms with E-state index in [1.165, 1.54) is 72.6 Å². The van der Waals surface area contributed by atoms with Gasteiger partial charge in [-0.25, -0.2) is 0 Å². The van der Waals surface area contributed by atoms with E-state index < -0.39 is 29.5 Å². The van der Waals surface area contributed by atoms with Crippen LogP contribution in [0.25, 0.3) is 0 Å². The number of benzene rings is 2. The van der Waals surface area contributed by atoms with Crippen molar-refractivity contribution in [1.29, 1.82) is 0 Å². The van der Waals surface area contributed by atoms with Crippen molar-refractivity contribution < 1.29 is 4.43 Å². The van der Waals surface area contributed by atoms with E-state index in [1.807, 2.05) is 0 Å². The Balaban J connectivity index is 2.07. The monoisotopic (exact) mass is 654 g/mol. The Hall–Kier alpha value is -0.844. The van der Waals surface area contributed by atoms with Crippen molar-refractivity contribution in [1.82, 2.24) is 0 Å². The maximum atomic E-state index is 7.13. The Labute approximate surface area is 254 Å². The van der Waals surface area contributed by atoms with E-state index in [1.54, 1.807) is 5.57 Å². The fourth-order valence-corrected chi connectivity index (χ4v) is 16.2. The molecule has 0 unspecified atom stereocenters. The van der Waals surface area contributed by atoms with E-state index in [0.717, 1.165) is 22.9 Å². The molecule has 0 bridgehead atoms. The van der Waals surface area contributed by atoms with Gasteiger partial charge >= 0.3 is 255 Å². The number of hydrogen-bond donors (Lipinski definition) is 0. The standard InChI is InChI=1S/C23H31OSi.C13H27.Sn/c1-6-20(2)14-13-19-24-25(23(3,4)5,21-15-9-7-10-16-21)22-17-11-8-12-18-22;1-4-7-10-13(11-8-5-2)12-9-6-3;/h6-12,15-18H,1,13-14,19H2,2-5H3;4-12H2,1-3H3;. The molecule has 2 aromatic carbocycles. The minimum atomic E-state index is -2.42. The topological polar surface area (TPSA) is 9.23 Å². The molecule has 0 aromatic heterocycles. The van der Waals surface area contributed by atoms with Gasteiger partial charge in [0.2, 0.25) is 0 Å². The van der Waals surface area contributed by atoms with Gasteiger partial charge in [0.1, 0.15) is 0 Å². The number of rotatable bonds is 19. The fourth-order valence-electron chi connectivity index (χ4n) is 6.07. The van der Waals surface area contributed by atoms with Crippen LogP contribution < -0.4 is 10.4 Å². The first-order chi connectivity index (χ1) is 18.7. The fraction of sp³-hybridized carbons (Fsp3) is 0.611. The molecule has 0 fully saturated rings. The molecule has 0 saturated carbocycles. The zero-order valence-corrected chi connectivity index (χ0v) is 30.3. The van der Waals surface area contributed by atoms with Gasteiger partial charge in [-0.15, -0.1) is 0 Å². The van der Waals surface area contributed by atoms with Gasteiger partial charge in [0.25, 0.3) is 0 Å². The number of hydrogen-bond acceptors (Lipinski definition) is 1. The van der Waals surface area contributed by atoms with Crippen LogP contribution >= 0.6 is 0 Å². The molecule has 0 saturated heterocycles. The Morgan fingerprint density at radius 2 is 1.21 bits per heavy atom. The van der Waals surface area contributed by atoms with Crippen LogP contribution in [-0.4, -0.2) is 36.1 Å². The number of unbranched alkanes of at least 4 members (excludes halogenated alkanes) is 3. The molecular formula is C36H58OSiSn. The third kappa shape index (κ3) is 10.5. The second-order valence-corrected chi connectivity index (χ2v) is 22.1. The van der Waals surface area contributed by atoms with Crippen molar-refractivity contribution in [3.8, 4) is 0 Å². The van der Waals surface area contributed by atoms with Crippen LogP contribution in [0.2, 0.25) is 12.9 Å². The molecule has 2 aromatic rings. The summed E-state index contributed by atoms with van der Waals surface area (Å²) in [4.78, 5) is 0. The van der Waals surface area contributed by atoms with Crippen LogP contribution in [0.1, 0.15) is 119 Å². The molecular weight excluding hydrogens is 595 g/mol. The summed E-state index contributed by atoms with van der Waals surface area (Å²) < 4.78 is 9.27. The zero-order valence-electron chi connectivity index (χ0n) is 26.5. The molecule has 216 valence electrons. The molecule has 0 spiro atoms.